The summed E-state index contributed by atoms with van der Waals surface area (Å²) in [5.74, 6) is -0.243. The summed E-state index contributed by atoms with van der Waals surface area (Å²) < 4.78 is 5.04. The number of furan rings is 1. The number of nitrogens with zero attached hydrogens (tertiary/aromatic N) is 1. The van der Waals surface area contributed by atoms with Gasteiger partial charge in [-0.05, 0) is 37.5 Å². The summed E-state index contributed by atoms with van der Waals surface area (Å²) in [5, 5.41) is 2.92. The van der Waals surface area contributed by atoms with Gasteiger partial charge in [-0.1, -0.05) is 30.3 Å². The van der Waals surface area contributed by atoms with Gasteiger partial charge in [-0.3, -0.25) is 9.59 Å². The Balaban J connectivity index is 1.74. The van der Waals surface area contributed by atoms with Crippen LogP contribution in [-0.4, -0.2) is 36.3 Å². The Morgan fingerprint density at radius 1 is 1.17 bits per heavy atom. The molecule has 0 fully saturated rings. The van der Waals surface area contributed by atoms with Gasteiger partial charge in [0.25, 0.3) is 5.91 Å². The van der Waals surface area contributed by atoms with E-state index < -0.39 is 0 Å². The molecule has 0 aliphatic heterocycles. The van der Waals surface area contributed by atoms with Gasteiger partial charge >= 0.3 is 0 Å². The van der Waals surface area contributed by atoms with Crippen molar-refractivity contribution < 1.29 is 14.0 Å². The number of hydrogen-bond acceptors (Lipinski definition) is 3. The van der Waals surface area contributed by atoms with E-state index in [0.717, 1.165) is 12.8 Å². The third-order valence-electron chi connectivity index (χ3n) is 3.58. The van der Waals surface area contributed by atoms with E-state index >= 15 is 0 Å². The lowest BCUT2D eigenvalue weighted by Crippen LogP contribution is -2.41. The average molecular weight is 314 g/mol. The van der Waals surface area contributed by atoms with Crippen LogP contribution in [-0.2, 0) is 11.2 Å². The van der Waals surface area contributed by atoms with E-state index in [0.29, 0.717) is 0 Å². The van der Waals surface area contributed by atoms with Crippen molar-refractivity contribution in [3.63, 3.8) is 0 Å². The number of benzene rings is 1. The third kappa shape index (κ3) is 5.29. The normalized spacial score (nSPS) is 11.7. The molecule has 1 unspecified atom stereocenters. The fourth-order valence-electron chi connectivity index (χ4n) is 2.30. The van der Waals surface area contributed by atoms with Crippen LogP contribution in [0.4, 0.5) is 0 Å². The van der Waals surface area contributed by atoms with Gasteiger partial charge in [0.15, 0.2) is 5.76 Å². The minimum Gasteiger partial charge on any atom is -0.459 e. The second-order valence-corrected chi connectivity index (χ2v) is 5.63. The monoisotopic (exact) mass is 314 g/mol. The van der Waals surface area contributed by atoms with E-state index in [1.807, 2.05) is 25.1 Å². The van der Waals surface area contributed by atoms with Gasteiger partial charge in [-0.2, -0.15) is 0 Å². The number of carbonyl (C=O) groups excluding carboxylic acids is 2. The van der Waals surface area contributed by atoms with E-state index in [1.165, 1.54) is 16.7 Å². The fourth-order valence-corrected chi connectivity index (χ4v) is 2.30. The van der Waals surface area contributed by atoms with E-state index in [2.05, 4.69) is 17.4 Å². The lowest BCUT2D eigenvalue weighted by molar-refractivity contribution is -0.122. The van der Waals surface area contributed by atoms with Crippen LogP contribution < -0.4 is 5.32 Å². The molecule has 1 N–H and O–H groups in total. The summed E-state index contributed by atoms with van der Waals surface area (Å²) in [6, 6.07) is 13.4. The molecule has 5 heteroatoms. The van der Waals surface area contributed by atoms with Crippen molar-refractivity contribution in [2.45, 2.75) is 25.8 Å². The molecule has 0 saturated carbocycles. The molecule has 2 rings (SSSR count). The first-order valence-electron chi connectivity index (χ1n) is 7.68. The Hall–Kier alpha value is -2.56. The Morgan fingerprint density at radius 3 is 2.57 bits per heavy atom. The number of hydrogen-bond donors (Lipinski definition) is 1. The zero-order valence-corrected chi connectivity index (χ0v) is 13.5. The Kier molecular flexibility index (Phi) is 5.97. The average Bonchev–Trinajstić information content (AvgIpc) is 3.07. The molecule has 0 radical (unpaired) electrons. The molecular weight excluding hydrogens is 292 g/mol. The van der Waals surface area contributed by atoms with Gasteiger partial charge < -0.3 is 14.6 Å². The molecule has 0 bridgehead atoms. The predicted octanol–water partition coefficient (Wildman–Crippen LogP) is 2.49. The SMILES string of the molecule is CC(CCc1ccccc1)NC(=O)CN(C)C(=O)c1ccco1. The van der Waals surface area contributed by atoms with Gasteiger partial charge in [-0.25, -0.2) is 0 Å². The second kappa shape index (κ2) is 8.17. The van der Waals surface area contributed by atoms with Crippen molar-refractivity contribution >= 4 is 11.8 Å². The molecule has 1 atom stereocenters. The Labute approximate surface area is 136 Å². The summed E-state index contributed by atoms with van der Waals surface area (Å²) in [7, 11) is 1.58. The van der Waals surface area contributed by atoms with E-state index in [-0.39, 0.29) is 30.2 Å². The van der Waals surface area contributed by atoms with Crippen molar-refractivity contribution in [2.24, 2.45) is 0 Å². The first-order valence-corrected chi connectivity index (χ1v) is 7.68. The fraction of sp³-hybridized carbons (Fsp3) is 0.333. The summed E-state index contributed by atoms with van der Waals surface area (Å²) >= 11 is 0. The second-order valence-electron chi connectivity index (χ2n) is 5.63. The van der Waals surface area contributed by atoms with Crippen LogP contribution in [0, 0.1) is 0 Å². The standard InChI is InChI=1S/C18H22N2O3/c1-14(10-11-15-7-4-3-5-8-15)19-17(21)13-20(2)18(22)16-9-6-12-23-16/h3-9,12,14H,10-11,13H2,1-2H3,(H,19,21). The van der Waals surface area contributed by atoms with Crippen LogP contribution in [0.1, 0.15) is 29.5 Å². The zero-order chi connectivity index (χ0) is 16.7. The van der Waals surface area contributed by atoms with E-state index in [1.54, 1.807) is 19.2 Å². The number of likely N-dealkylation sites (N-methyl/N-ethyl adjacent to an activating group) is 1. The smallest absolute Gasteiger partial charge is 0.289 e. The number of rotatable bonds is 7. The summed E-state index contributed by atoms with van der Waals surface area (Å²) in [5.41, 5.74) is 1.25. The van der Waals surface area contributed by atoms with Crippen LogP contribution in [0.3, 0.4) is 0 Å². The molecule has 5 nitrogen and oxygen atoms in total. The number of nitrogens with one attached hydrogen (secondary N) is 1. The highest BCUT2D eigenvalue weighted by Crippen LogP contribution is 2.06. The Bertz CT molecular complexity index is 623. The summed E-state index contributed by atoms with van der Waals surface area (Å²) in [6.07, 6.45) is 3.20. The molecule has 1 aromatic heterocycles. The van der Waals surface area contributed by atoms with Gasteiger partial charge in [0.2, 0.25) is 5.91 Å². The number of amides is 2. The molecule has 0 aliphatic rings. The number of carbonyl (C=O) groups is 2. The summed E-state index contributed by atoms with van der Waals surface area (Å²) in [6.45, 7) is 1.98. The van der Waals surface area contributed by atoms with Gasteiger partial charge in [-0.15, -0.1) is 0 Å². The first-order chi connectivity index (χ1) is 11.1. The number of aryl methyl sites for hydroxylation is 1. The van der Waals surface area contributed by atoms with Crippen LogP contribution in [0.15, 0.2) is 53.1 Å². The van der Waals surface area contributed by atoms with Crippen LogP contribution >= 0.6 is 0 Å². The topological polar surface area (TPSA) is 62.6 Å². The minimum atomic E-state index is -0.304. The maximum Gasteiger partial charge on any atom is 0.289 e. The van der Waals surface area contributed by atoms with Crippen molar-refractivity contribution in [2.75, 3.05) is 13.6 Å². The molecule has 0 saturated heterocycles. The lowest BCUT2D eigenvalue weighted by Gasteiger charge is -2.18. The molecule has 1 heterocycles. The van der Waals surface area contributed by atoms with Gasteiger partial charge in [0.05, 0.1) is 12.8 Å². The molecule has 2 aromatic rings. The van der Waals surface area contributed by atoms with Crippen LogP contribution in [0.2, 0.25) is 0 Å². The lowest BCUT2D eigenvalue weighted by atomic mass is 10.1. The van der Waals surface area contributed by atoms with Gasteiger partial charge in [0, 0.05) is 13.1 Å². The molecule has 122 valence electrons. The zero-order valence-electron chi connectivity index (χ0n) is 13.5. The van der Waals surface area contributed by atoms with Crippen molar-refractivity contribution in [3.8, 4) is 0 Å². The Morgan fingerprint density at radius 2 is 1.91 bits per heavy atom. The highest BCUT2D eigenvalue weighted by atomic mass is 16.3. The van der Waals surface area contributed by atoms with Crippen LogP contribution in [0.25, 0.3) is 0 Å². The molecular formula is C18H22N2O3. The minimum absolute atomic E-state index is 0.00914. The molecule has 0 aliphatic carbocycles. The van der Waals surface area contributed by atoms with E-state index in [9.17, 15) is 9.59 Å². The predicted molar refractivity (Wildman–Crippen MR) is 88.0 cm³/mol. The quantitative estimate of drug-likeness (QED) is 0.854. The van der Waals surface area contributed by atoms with Crippen molar-refractivity contribution in [1.29, 1.82) is 0 Å². The molecule has 23 heavy (non-hydrogen) atoms. The summed E-state index contributed by atoms with van der Waals surface area (Å²) in [4.78, 5) is 25.3. The first kappa shape index (κ1) is 16.8. The van der Waals surface area contributed by atoms with E-state index in [4.69, 9.17) is 4.42 Å². The maximum atomic E-state index is 12.0. The van der Waals surface area contributed by atoms with Gasteiger partial charge in [0.1, 0.15) is 0 Å². The van der Waals surface area contributed by atoms with Crippen molar-refractivity contribution in [1.82, 2.24) is 10.2 Å². The van der Waals surface area contributed by atoms with Crippen molar-refractivity contribution in [3.05, 3.63) is 60.1 Å². The van der Waals surface area contributed by atoms with Crippen LogP contribution in [0.5, 0.6) is 0 Å². The molecule has 2 amide bonds. The molecule has 0 spiro atoms. The highest BCUT2D eigenvalue weighted by Gasteiger charge is 2.17. The third-order valence-corrected chi connectivity index (χ3v) is 3.58. The highest BCUT2D eigenvalue weighted by molar-refractivity contribution is 5.94. The largest absolute Gasteiger partial charge is 0.459 e. The maximum absolute atomic E-state index is 12.0. The molecule has 1 aromatic carbocycles.